The molecule has 4 heteroatoms. The van der Waals surface area contributed by atoms with E-state index in [2.05, 4.69) is 6.58 Å². The number of hydrogen-bond acceptors (Lipinski definition) is 4. The predicted octanol–water partition coefficient (Wildman–Crippen LogP) is 0.892. The molecule has 0 radical (unpaired) electrons. The molecule has 4 nitrogen and oxygen atoms in total. The van der Waals surface area contributed by atoms with E-state index in [9.17, 15) is 4.79 Å². The molecule has 0 aromatic rings. The van der Waals surface area contributed by atoms with Gasteiger partial charge in [-0.3, -0.25) is 0 Å². The van der Waals surface area contributed by atoms with Gasteiger partial charge in [0.15, 0.2) is 0 Å². The van der Waals surface area contributed by atoms with E-state index in [1.54, 1.807) is 6.92 Å². The first-order valence-corrected chi connectivity index (χ1v) is 4.69. The van der Waals surface area contributed by atoms with Crippen LogP contribution in [0.2, 0.25) is 0 Å². The fraction of sp³-hybridized carbons (Fsp3) is 0.700. The van der Waals surface area contributed by atoms with Crippen molar-refractivity contribution >= 4 is 5.97 Å². The van der Waals surface area contributed by atoms with E-state index >= 15 is 0 Å². The Balaban J connectivity index is 3.68. The van der Waals surface area contributed by atoms with Crippen LogP contribution in [0.5, 0.6) is 0 Å². The van der Waals surface area contributed by atoms with Crippen LogP contribution in [-0.4, -0.2) is 36.5 Å². The Bertz CT molecular complexity index is 175. The molecule has 0 rings (SSSR count). The van der Waals surface area contributed by atoms with Crippen LogP contribution in [0.25, 0.3) is 0 Å². The quantitative estimate of drug-likeness (QED) is 0.492. The van der Waals surface area contributed by atoms with Gasteiger partial charge >= 0.3 is 5.97 Å². The molecule has 1 N–H and O–H groups in total. The number of rotatable bonds is 7. The average molecular weight is 202 g/mol. The summed E-state index contributed by atoms with van der Waals surface area (Å²) in [6.07, 6.45) is 1.44. The van der Waals surface area contributed by atoms with E-state index in [0.717, 1.165) is 12.5 Å². The highest BCUT2D eigenvalue weighted by Gasteiger charge is 2.11. The molecule has 0 heterocycles. The summed E-state index contributed by atoms with van der Waals surface area (Å²) in [6, 6.07) is 0. The summed E-state index contributed by atoms with van der Waals surface area (Å²) in [6.45, 7) is 7.15. The molecular weight excluding hydrogens is 184 g/mol. The molecule has 0 aliphatic carbocycles. The second-order valence-corrected chi connectivity index (χ2v) is 2.99. The molecule has 0 amide bonds. The van der Waals surface area contributed by atoms with Gasteiger partial charge in [0.2, 0.25) is 0 Å². The molecule has 2 atom stereocenters. The summed E-state index contributed by atoms with van der Waals surface area (Å²) in [5.41, 5.74) is 0. The molecule has 2 unspecified atom stereocenters. The number of hydrogen-bond donors (Lipinski definition) is 1. The average Bonchev–Trinajstić information content (AvgIpc) is 2.22. The van der Waals surface area contributed by atoms with E-state index in [-0.39, 0.29) is 25.4 Å². The Morgan fingerprint density at radius 3 is 2.71 bits per heavy atom. The highest BCUT2D eigenvalue weighted by Crippen LogP contribution is 2.02. The van der Waals surface area contributed by atoms with Crippen LogP contribution in [0.15, 0.2) is 12.7 Å². The van der Waals surface area contributed by atoms with Crippen LogP contribution >= 0.6 is 0 Å². The highest BCUT2D eigenvalue weighted by atomic mass is 16.6. The molecule has 0 aromatic heterocycles. The van der Waals surface area contributed by atoms with Gasteiger partial charge in [-0.1, -0.05) is 13.5 Å². The maximum Gasteiger partial charge on any atom is 0.330 e. The number of ether oxygens (including phenoxy) is 2. The molecule has 0 saturated heterocycles. The van der Waals surface area contributed by atoms with Gasteiger partial charge in [-0.05, 0) is 13.3 Å². The van der Waals surface area contributed by atoms with Crippen molar-refractivity contribution in [2.24, 2.45) is 0 Å². The van der Waals surface area contributed by atoms with E-state index in [1.165, 1.54) is 0 Å². The SMILES string of the molecule is C=CC(=O)OCC(C)OC(CC)CO. The van der Waals surface area contributed by atoms with Crippen LogP contribution in [0.3, 0.4) is 0 Å². The largest absolute Gasteiger partial charge is 0.460 e. The lowest BCUT2D eigenvalue weighted by molar-refractivity contribution is -0.143. The summed E-state index contributed by atoms with van der Waals surface area (Å²) in [5, 5.41) is 8.85. The highest BCUT2D eigenvalue weighted by molar-refractivity contribution is 5.81. The van der Waals surface area contributed by atoms with Crippen LogP contribution in [0.4, 0.5) is 0 Å². The number of aliphatic hydroxyl groups excluding tert-OH is 1. The van der Waals surface area contributed by atoms with E-state index < -0.39 is 5.97 Å². The summed E-state index contributed by atoms with van der Waals surface area (Å²) >= 11 is 0. The minimum Gasteiger partial charge on any atom is -0.460 e. The first kappa shape index (κ1) is 13.1. The lowest BCUT2D eigenvalue weighted by Gasteiger charge is -2.19. The molecule has 0 aliphatic rings. The Hall–Kier alpha value is -0.870. The first-order valence-electron chi connectivity index (χ1n) is 4.69. The molecule has 0 spiro atoms. The molecular formula is C10H18O4. The Kier molecular flexibility index (Phi) is 7.06. The number of carbonyl (C=O) groups is 1. The lowest BCUT2D eigenvalue weighted by Crippen LogP contribution is -2.26. The van der Waals surface area contributed by atoms with Gasteiger partial charge < -0.3 is 14.6 Å². The van der Waals surface area contributed by atoms with E-state index in [0.29, 0.717) is 0 Å². The van der Waals surface area contributed by atoms with Crippen molar-refractivity contribution < 1.29 is 19.4 Å². The van der Waals surface area contributed by atoms with Gasteiger partial charge in [-0.2, -0.15) is 0 Å². The number of esters is 1. The van der Waals surface area contributed by atoms with Crippen molar-refractivity contribution in [3.05, 3.63) is 12.7 Å². The first-order chi connectivity index (χ1) is 6.63. The summed E-state index contributed by atoms with van der Waals surface area (Å²) in [4.78, 5) is 10.7. The maximum atomic E-state index is 10.7. The van der Waals surface area contributed by atoms with Gasteiger partial charge in [0, 0.05) is 6.08 Å². The zero-order valence-corrected chi connectivity index (χ0v) is 8.73. The zero-order valence-electron chi connectivity index (χ0n) is 8.73. The lowest BCUT2D eigenvalue weighted by atomic mass is 10.3. The van der Waals surface area contributed by atoms with Gasteiger partial charge in [0.05, 0.1) is 18.8 Å². The molecule has 0 saturated carbocycles. The van der Waals surface area contributed by atoms with Crippen LogP contribution in [0.1, 0.15) is 20.3 Å². The molecule has 0 aliphatic heterocycles. The molecule has 0 bridgehead atoms. The summed E-state index contributed by atoms with van der Waals surface area (Å²) < 4.78 is 10.2. The number of aliphatic hydroxyl groups is 1. The van der Waals surface area contributed by atoms with Crippen molar-refractivity contribution in [3.8, 4) is 0 Å². The number of carbonyl (C=O) groups excluding carboxylic acids is 1. The normalized spacial score (nSPS) is 14.5. The standard InChI is InChI=1S/C10H18O4/c1-4-9(6-11)14-8(3)7-13-10(12)5-2/h5,8-9,11H,2,4,6-7H2,1,3H3. The molecule has 14 heavy (non-hydrogen) atoms. The Labute approximate surface area is 84.5 Å². The Morgan fingerprint density at radius 1 is 1.64 bits per heavy atom. The minimum absolute atomic E-state index is 0.0176. The molecule has 82 valence electrons. The fourth-order valence-electron chi connectivity index (χ4n) is 0.895. The Morgan fingerprint density at radius 2 is 2.29 bits per heavy atom. The van der Waals surface area contributed by atoms with Crippen LogP contribution in [0, 0.1) is 0 Å². The van der Waals surface area contributed by atoms with Crippen molar-refractivity contribution in [1.82, 2.24) is 0 Å². The summed E-state index contributed by atoms with van der Waals surface area (Å²) in [5.74, 6) is -0.461. The van der Waals surface area contributed by atoms with E-state index in [1.807, 2.05) is 6.92 Å². The van der Waals surface area contributed by atoms with Crippen molar-refractivity contribution in [2.45, 2.75) is 32.5 Å². The third-order valence-electron chi connectivity index (χ3n) is 1.71. The van der Waals surface area contributed by atoms with Gasteiger partial charge in [0.25, 0.3) is 0 Å². The zero-order chi connectivity index (χ0) is 11.0. The second kappa shape index (κ2) is 7.53. The minimum atomic E-state index is -0.461. The van der Waals surface area contributed by atoms with Gasteiger partial charge in [-0.25, -0.2) is 4.79 Å². The third kappa shape index (κ3) is 5.72. The van der Waals surface area contributed by atoms with Gasteiger partial charge in [0.1, 0.15) is 6.61 Å². The fourth-order valence-corrected chi connectivity index (χ4v) is 0.895. The molecule has 0 fully saturated rings. The van der Waals surface area contributed by atoms with Gasteiger partial charge in [-0.15, -0.1) is 0 Å². The topological polar surface area (TPSA) is 55.8 Å². The van der Waals surface area contributed by atoms with Crippen molar-refractivity contribution in [1.29, 1.82) is 0 Å². The monoisotopic (exact) mass is 202 g/mol. The van der Waals surface area contributed by atoms with Crippen LogP contribution < -0.4 is 0 Å². The predicted molar refractivity (Wildman–Crippen MR) is 52.9 cm³/mol. The van der Waals surface area contributed by atoms with Crippen LogP contribution in [-0.2, 0) is 14.3 Å². The van der Waals surface area contributed by atoms with Crippen molar-refractivity contribution in [2.75, 3.05) is 13.2 Å². The summed E-state index contributed by atoms with van der Waals surface area (Å²) in [7, 11) is 0. The second-order valence-electron chi connectivity index (χ2n) is 2.99. The maximum absolute atomic E-state index is 10.7. The molecule has 0 aromatic carbocycles. The third-order valence-corrected chi connectivity index (χ3v) is 1.71. The smallest absolute Gasteiger partial charge is 0.330 e. The van der Waals surface area contributed by atoms with Crippen molar-refractivity contribution in [3.63, 3.8) is 0 Å². The van der Waals surface area contributed by atoms with E-state index in [4.69, 9.17) is 14.6 Å².